The highest BCUT2D eigenvalue weighted by atomic mass is 19.1. The van der Waals surface area contributed by atoms with Crippen LogP contribution >= 0.6 is 0 Å². The van der Waals surface area contributed by atoms with Crippen LogP contribution < -0.4 is 5.32 Å². The molecule has 0 fully saturated rings. The van der Waals surface area contributed by atoms with E-state index in [2.05, 4.69) is 20.0 Å². The molecule has 0 saturated carbocycles. The molecule has 1 amide bonds. The number of allylic oxidation sites excluding steroid dienone is 1. The van der Waals surface area contributed by atoms with E-state index in [1.807, 2.05) is 0 Å². The summed E-state index contributed by atoms with van der Waals surface area (Å²) in [5.41, 5.74) is 0.254. The Morgan fingerprint density at radius 1 is 1.28 bits per heavy atom. The van der Waals surface area contributed by atoms with Crippen molar-refractivity contribution in [1.82, 2.24) is 9.97 Å². The van der Waals surface area contributed by atoms with Crippen molar-refractivity contribution >= 4 is 17.7 Å². The number of aromatic nitrogens is 2. The van der Waals surface area contributed by atoms with Gasteiger partial charge in [-0.2, -0.15) is 0 Å². The van der Waals surface area contributed by atoms with E-state index in [1.54, 1.807) is 0 Å². The average Bonchev–Trinajstić information content (AvgIpc) is 2.37. The van der Waals surface area contributed by atoms with Gasteiger partial charge >= 0.3 is 5.97 Å². The second-order valence-corrected chi connectivity index (χ2v) is 3.55. The molecule has 1 N–H and O–H groups in total. The second kappa shape index (κ2) is 5.85. The monoisotopic (exact) mass is 253 g/mol. The maximum absolute atomic E-state index is 13.2. The molecule has 0 radical (unpaired) electrons. The first-order chi connectivity index (χ1) is 8.45. The van der Waals surface area contributed by atoms with Crippen molar-refractivity contribution in [2.24, 2.45) is 0 Å². The van der Waals surface area contributed by atoms with Crippen LogP contribution in [0.15, 0.2) is 23.8 Å². The van der Waals surface area contributed by atoms with E-state index in [-0.39, 0.29) is 17.1 Å². The Labute approximate surface area is 103 Å². The lowest BCUT2D eigenvalue weighted by Crippen LogP contribution is -2.15. The summed E-state index contributed by atoms with van der Waals surface area (Å²) < 4.78 is 17.6. The SMILES string of the molecule is COC(=O)c1cnc(NC(=O)C(F)=C(C)C)cn1. The summed E-state index contributed by atoms with van der Waals surface area (Å²) in [6.45, 7) is 2.95. The van der Waals surface area contributed by atoms with Crippen LogP contribution in [0.25, 0.3) is 0 Å². The predicted octanol–water partition coefficient (Wildman–Crippen LogP) is 1.47. The summed E-state index contributed by atoms with van der Waals surface area (Å²) in [4.78, 5) is 29.9. The molecule has 0 atom stereocenters. The topological polar surface area (TPSA) is 81.2 Å². The number of amides is 1. The van der Waals surface area contributed by atoms with E-state index >= 15 is 0 Å². The fourth-order valence-corrected chi connectivity index (χ4v) is 1.00. The number of nitrogens with zero attached hydrogens (tertiary/aromatic N) is 2. The number of esters is 1. The van der Waals surface area contributed by atoms with E-state index in [9.17, 15) is 14.0 Å². The van der Waals surface area contributed by atoms with Gasteiger partial charge in [0.1, 0.15) is 0 Å². The van der Waals surface area contributed by atoms with Crippen LogP contribution in [0, 0.1) is 0 Å². The van der Waals surface area contributed by atoms with Crippen molar-refractivity contribution in [3.63, 3.8) is 0 Å². The maximum atomic E-state index is 13.2. The van der Waals surface area contributed by atoms with E-state index < -0.39 is 17.7 Å². The molecule has 0 bridgehead atoms. The summed E-state index contributed by atoms with van der Waals surface area (Å²) in [6.07, 6.45) is 2.27. The molecular formula is C11H12FN3O3. The first kappa shape index (κ1) is 13.8. The smallest absolute Gasteiger partial charge is 0.358 e. The Morgan fingerprint density at radius 2 is 1.94 bits per heavy atom. The Balaban J connectivity index is 2.79. The van der Waals surface area contributed by atoms with Gasteiger partial charge in [-0.25, -0.2) is 19.2 Å². The summed E-state index contributed by atoms with van der Waals surface area (Å²) in [7, 11) is 1.21. The number of halogens is 1. The number of hydrogen-bond acceptors (Lipinski definition) is 5. The molecule has 1 aromatic heterocycles. The van der Waals surface area contributed by atoms with Gasteiger partial charge in [0.05, 0.1) is 19.5 Å². The molecule has 7 heteroatoms. The molecule has 0 saturated heterocycles. The van der Waals surface area contributed by atoms with E-state index in [0.717, 1.165) is 12.4 Å². The van der Waals surface area contributed by atoms with E-state index in [4.69, 9.17) is 0 Å². The third-order valence-electron chi connectivity index (χ3n) is 1.93. The Kier molecular flexibility index (Phi) is 4.47. The molecule has 96 valence electrons. The fraction of sp³-hybridized carbons (Fsp3) is 0.273. The number of rotatable bonds is 3. The quantitative estimate of drug-likeness (QED) is 0.651. The Morgan fingerprint density at radius 3 is 2.39 bits per heavy atom. The third-order valence-corrected chi connectivity index (χ3v) is 1.93. The molecule has 6 nitrogen and oxygen atoms in total. The highest BCUT2D eigenvalue weighted by Crippen LogP contribution is 2.09. The maximum Gasteiger partial charge on any atom is 0.358 e. The van der Waals surface area contributed by atoms with Crippen molar-refractivity contribution in [2.45, 2.75) is 13.8 Å². The lowest BCUT2D eigenvalue weighted by atomic mass is 10.3. The largest absolute Gasteiger partial charge is 0.464 e. The minimum absolute atomic E-state index is 0.00168. The van der Waals surface area contributed by atoms with Gasteiger partial charge in [-0.05, 0) is 19.4 Å². The van der Waals surface area contributed by atoms with Crippen molar-refractivity contribution in [1.29, 1.82) is 0 Å². The van der Waals surface area contributed by atoms with Crippen LogP contribution in [0.2, 0.25) is 0 Å². The van der Waals surface area contributed by atoms with Gasteiger partial charge < -0.3 is 10.1 Å². The highest BCUT2D eigenvalue weighted by Gasteiger charge is 2.12. The van der Waals surface area contributed by atoms with Crippen LogP contribution in [0.4, 0.5) is 10.2 Å². The van der Waals surface area contributed by atoms with Crippen molar-refractivity contribution in [3.8, 4) is 0 Å². The van der Waals surface area contributed by atoms with Gasteiger partial charge in [-0.15, -0.1) is 0 Å². The number of methoxy groups -OCH3 is 1. The number of hydrogen-bond donors (Lipinski definition) is 1. The lowest BCUT2D eigenvalue weighted by molar-refractivity contribution is -0.114. The number of carbonyl (C=O) groups is 2. The molecule has 1 aromatic rings. The summed E-state index contributed by atoms with van der Waals surface area (Å²) >= 11 is 0. The zero-order valence-electron chi connectivity index (χ0n) is 10.2. The zero-order valence-corrected chi connectivity index (χ0v) is 10.2. The molecule has 1 heterocycles. The standard InChI is InChI=1S/C11H12FN3O3/c1-6(2)9(12)10(16)15-8-5-13-7(4-14-8)11(17)18-3/h4-5H,1-3H3,(H,14,15,16). The van der Waals surface area contributed by atoms with Gasteiger partial charge in [-0.1, -0.05) is 0 Å². The Bertz CT molecular complexity index is 493. The third kappa shape index (κ3) is 3.34. The van der Waals surface area contributed by atoms with Crippen LogP contribution in [0.3, 0.4) is 0 Å². The summed E-state index contributed by atoms with van der Waals surface area (Å²) in [6, 6.07) is 0. The molecule has 0 aliphatic carbocycles. The van der Waals surface area contributed by atoms with Crippen molar-refractivity contribution < 1.29 is 18.7 Å². The van der Waals surface area contributed by atoms with Crippen LogP contribution in [0.5, 0.6) is 0 Å². The number of anilines is 1. The minimum Gasteiger partial charge on any atom is -0.464 e. The molecule has 0 aliphatic heterocycles. The minimum atomic E-state index is -0.907. The van der Waals surface area contributed by atoms with Crippen LogP contribution in [-0.2, 0) is 9.53 Å². The molecule has 0 unspecified atom stereocenters. The number of carbonyl (C=O) groups excluding carboxylic acids is 2. The second-order valence-electron chi connectivity index (χ2n) is 3.55. The van der Waals surface area contributed by atoms with Gasteiger partial charge in [-0.3, -0.25) is 4.79 Å². The summed E-state index contributed by atoms with van der Waals surface area (Å²) in [5, 5.41) is 2.21. The predicted molar refractivity (Wildman–Crippen MR) is 61.5 cm³/mol. The highest BCUT2D eigenvalue weighted by molar-refractivity contribution is 6.01. The van der Waals surface area contributed by atoms with E-state index in [0.29, 0.717) is 0 Å². The first-order valence-corrected chi connectivity index (χ1v) is 5.00. The molecule has 0 aromatic carbocycles. The van der Waals surface area contributed by atoms with Crippen LogP contribution in [-0.4, -0.2) is 29.0 Å². The number of ether oxygens (including phenoxy) is 1. The molecule has 0 aliphatic rings. The van der Waals surface area contributed by atoms with Gasteiger partial charge in [0, 0.05) is 0 Å². The first-order valence-electron chi connectivity index (χ1n) is 5.00. The molecular weight excluding hydrogens is 241 g/mol. The number of nitrogens with one attached hydrogen (secondary N) is 1. The van der Waals surface area contributed by atoms with Gasteiger partial charge in [0.2, 0.25) is 0 Å². The van der Waals surface area contributed by atoms with Gasteiger partial charge in [0.25, 0.3) is 5.91 Å². The van der Waals surface area contributed by atoms with Crippen molar-refractivity contribution in [2.75, 3.05) is 12.4 Å². The lowest BCUT2D eigenvalue weighted by Gasteiger charge is -2.03. The molecule has 18 heavy (non-hydrogen) atoms. The molecule has 0 spiro atoms. The van der Waals surface area contributed by atoms with Crippen molar-refractivity contribution in [3.05, 3.63) is 29.5 Å². The zero-order chi connectivity index (χ0) is 13.7. The normalized spacial score (nSPS) is 9.56. The summed E-state index contributed by atoms with van der Waals surface area (Å²) in [5.74, 6) is -2.39. The van der Waals surface area contributed by atoms with E-state index in [1.165, 1.54) is 21.0 Å². The average molecular weight is 253 g/mol. The Hall–Kier alpha value is -2.31. The molecule has 1 rings (SSSR count). The van der Waals surface area contributed by atoms with Crippen LogP contribution in [0.1, 0.15) is 24.3 Å². The van der Waals surface area contributed by atoms with Gasteiger partial charge in [0.15, 0.2) is 17.3 Å². The fourth-order valence-electron chi connectivity index (χ4n) is 1.00.